The zero-order valence-corrected chi connectivity index (χ0v) is 10.8. The quantitative estimate of drug-likeness (QED) is 0.451. The molecule has 2 heterocycles. The molecule has 3 rings (SSSR count). The Balaban J connectivity index is 0.000000257. The van der Waals surface area contributed by atoms with Gasteiger partial charge in [0.2, 0.25) is 0 Å². The summed E-state index contributed by atoms with van der Waals surface area (Å²) in [5.74, 6) is 1.44. The average Bonchev–Trinajstić information content (AvgIpc) is 2.81. The lowest BCUT2D eigenvalue weighted by atomic mass is 10.2. The van der Waals surface area contributed by atoms with E-state index in [4.69, 9.17) is 23.1 Å². The summed E-state index contributed by atoms with van der Waals surface area (Å²) >= 11 is 0. The van der Waals surface area contributed by atoms with Crippen LogP contribution in [0.15, 0.2) is 59.4 Å². The number of nitrogens with zero attached hydrogens (tertiary/aromatic N) is 2. The Labute approximate surface area is 115 Å². The van der Waals surface area contributed by atoms with Gasteiger partial charge in [-0.2, -0.15) is 4.40 Å². The zero-order chi connectivity index (χ0) is 14.6. The molecule has 0 saturated heterocycles. The number of aromatic nitrogens is 2. The van der Waals surface area contributed by atoms with Crippen molar-refractivity contribution in [3.63, 3.8) is 0 Å². The minimum absolute atomic E-state index is 0.608. The van der Waals surface area contributed by atoms with E-state index in [0.717, 1.165) is 11.3 Å². The fraction of sp³-hybridized carbons (Fsp3) is 0. The van der Waals surface area contributed by atoms with E-state index in [1.165, 1.54) is 0 Å². The highest BCUT2D eigenvalue weighted by Crippen LogP contribution is 2.18. The van der Waals surface area contributed by atoms with Gasteiger partial charge in [0.05, 0.1) is 0 Å². The first kappa shape index (κ1) is 14.4. The first-order valence-electron chi connectivity index (χ1n) is 5.36. The molecule has 0 spiro atoms. The van der Waals surface area contributed by atoms with Crippen LogP contribution in [0.2, 0.25) is 0 Å². The van der Waals surface area contributed by atoms with Crippen LogP contribution in [0.5, 0.6) is 0 Å². The van der Waals surface area contributed by atoms with Gasteiger partial charge in [0.1, 0.15) is 18.6 Å². The van der Waals surface area contributed by atoms with Gasteiger partial charge < -0.3 is 4.42 Å². The third-order valence-corrected chi connectivity index (χ3v) is 2.25. The van der Waals surface area contributed by atoms with Crippen LogP contribution in [0.1, 0.15) is 0 Å². The molecule has 0 aliphatic heterocycles. The lowest BCUT2D eigenvalue weighted by molar-refractivity contribution is -2.00. The van der Waals surface area contributed by atoms with Crippen LogP contribution in [0.25, 0.3) is 17.2 Å². The molecule has 0 atom stereocenters. The molecule has 0 N–H and O–H groups in total. The lowest BCUT2D eigenvalue weighted by Gasteiger charge is -2.17. The summed E-state index contributed by atoms with van der Waals surface area (Å²) in [6.07, 6.45) is 5.56. The summed E-state index contributed by atoms with van der Waals surface area (Å²) in [4.78, 5) is 4.12. The molecule has 0 fully saturated rings. The van der Waals surface area contributed by atoms with Gasteiger partial charge in [0.15, 0.2) is 5.76 Å². The van der Waals surface area contributed by atoms with Crippen molar-refractivity contribution in [2.45, 2.75) is 0 Å². The third-order valence-electron chi connectivity index (χ3n) is 2.25. The van der Waals surface area contributed by atoms with Gasteiger partial charge in [-0.1, -0.05) is 30.3 Å². The van der Waals surface area contributed by atoms with Gasteiger partial charge in [-0.05, 0) is 4.98 Å². The molecule has 2 aromatic heterocycles. The summed E-state index contributed by atoms with van der Waals surface area (Å²) in [5.41, 5.74) is 1.06. The maximum Gasteiger partial charge on any atom is 0.508 e. The van der Waals surface area contributed by atoms with Crippen molar-refractivity contribution in [3.8, 4) is 11.3 Å². The van der Waals surface area contributed by atoms with Gasteiger partial charge in [0, 0.05) is 11.6 Å². The van der Waals surface area contributed by atoms with Gasteiger partial charge in [-0.25, -0.2) is 18.6 Å². The van der Waals surface area contributed by atoms with E-state index in [1.807, 2.05) is 53.2 Å². The Morgan fingerprint density at radius 3 is 2.25 bits per heavy atom. The van der Waals surface area contributed by atoms with Crippen LogP contribution in [-0.4, -0.2) is 4.98 Å². The molecule has 3 aromatic rings. The van der Waals surface area contributed by atoms with Crippen molar-refractivity contribution in [3.05, 3.63) is 55.0 Å². The van der Waals surface area contributed by atoms with E-state index in [-0.39, 0.29) is 0 Å². The number of fused-ring (bicyclic) bond motifs is 1. The van der Waals surface area contributed by atoms with Gasteiger partial charge in [-0.3, -0.25) is 0 Å². The fourth-order valence-electron chi connectivity index (χ4n) is 1.53. The summed E-state index contributed by atoms with van der Waals surface area (Å²) in [6.45, 7) is 0. The molecular weight excluding hydrogens is 288 g/mol. The maximum atomic E-state index is 8.49. The number of benzene rings is 1. The fourth-order valence-corrected chi connectivity index (χ4v) is 1.53. The van der Waals surface area contributed by atoms with Crippen molar-refractivity contribution in [2.24, 2.45) is 0 Å². The van der Waals surface area contributed by atoms with Gasteiger partial charge in [-0.15, -0.1) is 10.2 Å². The maximum absolute atomic E-state index is 8.49. The molecule has 0 aliphatic rings. The molecular formula is C12H9ClN2O5. The Bertz CT molecular complexity index is 642. The second kappa shape index (κ2) is 5.95. The number of rotatable bonds is 1. The first-order valence-corrected chi connectivity index (χ1v) is 6.60. The topological polar surface area (TPSA) is 122 Å². The highest BCUT2D eigenvalue weighted by molar-refractivity contribution is 5.55. The minimum Gasteiger partial charge on any atom is -0.384 e. The van der Waals surface area contributed by atoms with Crippen LogP contribution < -0.4 is 23.0 Å². The van der Waals surface area contributed by atoms with Crippen LogP contribution >= 0.6 is 0 Å². The van der Waals surface area contributed by atoms with Crippen LogP contribution in [0.4, 0.5) is 0 Å². The van der Waals surface area contributed by atoms with Crippen molar-refractivity contribution in [1.29, 1.82) is 0 Å². The van der Waals surface area contributed by atoms with E-state index in [0.29, 0.717) is 5.84 Å². The molecule has 7 nitrogen and oxygen atoms in total. The number of hydrogen-bond donors (Lipinski definition) is 0. The Hall–Kier alpha value is -2.03. The largest absolute Gasteiger partial charge is 0.508 e. The minimum atomic E-state index is -4.94. The molecule has 1 aromatic carbocycles. The van der Waals surface area contributed by atoms with Crippen LogP contribution in [-0.2, 0) is 0 Å². The third kappa shape index (κ3) is 4.26. The molecule has 0 radical (unpaired) electrons. The van der Waals surface area contributed by atoms with Gasteiger partial charge in [0.25, 0.3) is 0 Å². The van der Waals surface area contributed by atoms with E-state index < -0.39 is 10.2 Å². The Kier molecular flexibility index (Phi) is 4.28. The normalized spacial score (nSPS) is 11.0. The number of oxazole rings is 1. The predicted molar refractivity (Wildman–Crippen MR) is 55.1 cm³/mol. The first-order chi connectivity index (χ1) is 9.43. The number of hydrogen-bond acceptors (Lipinski definition) is 6. The summed E-state index contributed by atoms with van der Waals surface area (Å²) in [7, 11) is -4.94. The standard InChI is InChI=1S/C12H9N2O.ClHO4/c1-2-5-10(6-3-1)11-9-14-8-4-7-13-12(14)15-11;2-1(3,4)5/h1-9H;(H,2,3,4,5)/q+1;/p-1. The van der Waals surface area contributed by atoms with E-state index >= 15 is 0 Å². The second-order valence-corrected chi connectivity index (χ2v) is 4.40. The molecule has 0 unspecified atom stereocenters. The Morgan fingerprint density at radius 1 is 1.00 bits per heavy atom. The molecule has 0 bridgehead atoms. The molecule has 0 aliphatic carbocycles. The predicted octanol–water partition coefficient (Wildman–Crippen LogP) is -2.68. The summed E-state index contributed by atoms with van der Waals surface area (Å²) in [5, 5.41) is 0. The average molecular weight is 297 g/mol. The molecule has 8 heteroatoms. The van der Waals surface area contributed by atoms with E-state index in [2.05, 4.69) is 4.98 Å². The summed E-state index contributed by atoms with van der Waals surface area (Å²) in [6, 6.07) is 11.9. The monoisotopic (exact) mass is 296 g/mol. The van der Waals surface area contributed by atoms with Crippen LogP contribution in [0, 0.1) is 10.2 Å². The zero-order valence-electron chi connectivity index (χ0n) is 10.0. The SMILES string of the molecule is [O-][Cl+3]([O-])([O-])[O-].c1ccc(-c2c[n+]3cccnc3o2)cc1. The lowest BCUT2D eigenvalue weighted by Crippen LogP contribution is -2.68. The van der Waals surface area contributed by atoms with Crippen molar-refractivity contribution < 1.29 is 37.7 Å². The van der Waals surface area contributed by atoms with Crippen molar-refractivity contribution >= 4 is 5.84 Å². The molecule has 0 saturated carbocycles. The Morgan fingerprint density at radius 2 is 1.65 bits per heavy atom. The summed E-state index contributed by atoms with van der Waals surface area (Å²) < 4.78 is 41.4. The van der Waals surface area contributed by atoms with E-state index in [1.54, 1.807) is 6.20 Å². The highest BCUT2D eigenvalue weighted by Gasteiger charge is 2.11. The van der Waals surface area contributed by atoms with Crippen molar-refractivity contribution in [2.75, 3.05) is 0 Å². The second-order valence-electron chi connectivity index (χ2n) is 3.65. The molecule has 20 heavy (non-hydrogen) atoms. The van der Waals surface area contributed by atoms with Crippen LogP contribution in [0.3, 0.4) is 0 Å². The van der Waals surface area contributed by atoms with Crippen molar-refractivity contribution in [1.82, 2.24) is 4.98 Å². The molecule has 104 valence electrons. The highest BCUT2D eigenvalue weighted by atomic mass is 35.7. The smallest absolute Gasteiger partial charge is 0.384 e. The molecule has 0 amide bonds. The number of halogens is 1. The van der Waals surface area contributed by atoms with Gasteiger partial charge >= 0.3 is 5.84 Å². The van der Waals surface area contributed by atoms with E-state index in [9.17, 15) is 0 Å².